The van der Waals surface area contributed by atoms with E-state index in [1.807, 2.05) is 0 Å². The van der Waals surface area contributed by atoms with Crippen molar-refractivity contribution in [3.05, 3.63) is 24.3 Å². The smallest absolute Gasteiger partial charge is 0.355 e. The lowest BCUT2D eigenvalue weighted by Gasteiger charge is -2.11. The number of hydrogen-bond acceptors (Lipinski definition) is 5. The summed E-state index contributed by atoms with van der Waals surface area (Å²) in [4.78, 5) is 23.2. The largest absolute Gasteiger partial charge is 0.461 e. The van der Waals surface area contributed by atoms with E-state index in [0.717, 1.165) is 0 Å². The van der Waals surface area contributed by atoms with E-state index in [4.69, 9.17) is 10.5 Å². The van der Waals surface area contributed by atoms with Gasteiger partial charge in [-0.05, 0) is 31.2 Å². The van der Waals surface area contributed by atoms with Crippen molar-refractivity contribution in [2.24, 2.45) is 5.10 Å². The first-order valence-corrected chi connectivity index (χ1v) is 5.55. The van der Waals surface area contributed by atoms with Crippen LogP contribution in [0.4, 0.5) is 11.4 Å². The third-order valence-corrected chi connectivity index (χ3v) is 2.42. The molecule has 0 fully saturated rings. The van der Waals surface area contributed by atoms with Gasteiger partial charge in [-0.1, -0.05) is 0 Å². The lowest BCUT2D eigenvalue weighted by Crippen LogP contribution is -2.19. The number of nitrogens with zero attached hydrogens (tertiary/aromatic N) is 2. The summed E-state index contributed by atoms with van der Waals surface area (Å²) in [7, 11) is 0. The molecule has 0 spiro atoms. The Balaban J connectivity index is 2.21. The molecule has 1 heterocycles. The number of esters is 1. The van der Waals surface area contributed by atoms with Gasteiger partial charge < -0.3 is 10.5 Å². The third-order valence-electron chi connectivity index (χ3n) is 2.42. The fourth-order valence-electron chi connectivity index (χ4n) is 1.57. The van der Waals surface area contributed by atoms with Crippen LogP contribution in [0.5, 0.6) is 0 Å². The molecule has 94 valence electrons. The van der Waals surface area contributed by atoms with Crippen LogP contribution >= 0.6 is 0 Å². The predicted octanol–water partition coefficient (Wildman–Crippen LogP) is 0.925. The second-order valence-electron chi connectivity index (χ2n) is 3.74. The second kappa shape index (κ2) is 4.87. The number of nitrogens with two attached hydrogens (primary N) is 1. The highest BCUT2D eigenvalue weighted by atomic mass is 16.5. The van der Waals surface area contributed by atoms with Crippen LogP contribution in [0.25, 0.3) is 0 Å². The first kappa shape index (κ1) is 12.1. The van der Waals surface area contributed by atoms with Crippen molar-refractivity contribution in [3.63, 3.8) is 0 Å². The molecular weight excluding hydrogens is 234 g/mol. The van der Waals surface area contributed by atoms with Crippen LogP contribution < -0.4 is 10.7 Å². The fourth-order valence-corrected chi connectivity index (χ4v) is 1.57. The lowest BCUT2D eigenvalue weighted by atomic mass is 10.2. The topological polar surface area (TPSA) is 85.0 Å². The Kier molecular flexibility index (Phi) is 3.27. The zero-order valence-corrected chi connectivity index (χ0v) is 9.92. The average Bonchev–Trinajstić information content (AvgIpc) is 2.73. The molecule has 0 radical (unpaired) electrons. The predicted molar refractivity (Wildman–Crippen MR) is 67.0 cm³/mol. The Bertz CT molecular complexity index is 508. The number of carbonyl (C=O) groups is 2. The van der Waals surface area contributed by atoms with Crippen LogP contribution in [-0.2, 0) is 14.3 Å². The molecule has 6 heteroatoms. The molecule has 2 N–H and O–H groups in total. The molecule has 0 bridgehead atoms. The van der Waals surface area contributed by atoms with E-state index in [9.17, 15) is 9.59 Å². The monoisotopic (exact) mass is 247 g/mol. The summed E-state index contributed by atoms with van der Waals surface area (Å²) in [5.41, 5.74) is 6.86. The summed E-state index contributed by atoms with van der Waals surface area (Å²) in [6.45, 7) is 1.96. The molecule has 0 aromatic heterocycles. The number of hydrogen-bond donors (Lipinski definition) is 1. The van der Waals surface area contributed by atoms with E-state index in [-0.39, 0.29) is 24.6 Å². The van der Waals surface area contributed by atoms with Gasteiger partial charge in [-0.25, -0.2) is 4.79 Å². The molecule has 1 aromatic rings. The summed E-state index contributed by atoms with van der Waals surface area (Å²) < 4.78 is 4.81. The molecule has 6 nitrogen and oxygen atoms in total. The molecule has 0 saturated carbocycles. The lowest BCUT2D eigenvalue weighted by molar-refractivity contribution is -0.135. The van der Waals surface area contributed by atoms with Gasteiger partial charge in [-0.2, -0.15) is 10.1 Å². The minimum atomic E-state index is -0.552. The van der Waals surface area contributed by atoms with E-state index in [0.29, 0.717) is 11.4 Å². The molecule has 0 atom stereocenters. The summed E-state index contributed by atoms with van der Waals surface area (Å²) in [6, 6.07) is 6.68. The Morgan fingerprint density at radius 1 is 1.44 bits per heavy atom. The van der Waals surface area contributed by atoms with Crippen molar-refractivity contribution in [1.29, 1.82) is 0 Å². The number of carbonyl (C=O) groups excluding carboxylic acids is 2. The van der Waals surface area contributed by atoms with Gasteiger partial charge in [0.05, 0.1) is 18.7 Å². The van der Waals surface area contributed by atoms with E-state index in [1.54, 1.807) is 31.2 Å². The number of ether oxygens (including phenoxy) is 1. The van der Waals surface area contributed by atoms with Crippen LogP contribution in [0.1, 0.15) is 13.3 Å². The summed E-state index contributed by atoms with van der Waals surface area (Å²) in [5.74, 6) is -0.813. The van der Waals surface area contributed by atoms with Gasteiger partial charge in [-0.3, -0.25) is 4.79 Å². The molecule has 0 saturated heterocycles. The molecule has 2 rings (SSSR count). The first-order chi connectivity index (χ1) is 8.61. The van der Waals surface area contributed by atoms with E-state index < -0.39 is 5.97 Å². The normalized spacial score (nSPS) is 14.6. The summed E-state index contributed by atoms with van der Waals surface area (Å²) in [6.07, 6.45) is -0.0385. The Hall–Kier alpha value is -2.37. The maximum atomic E-state index is 11.8. The summed E-state index contributed by atoms with van der Waals surface area (Å²) in [5, 5.41) is 5.16. The SMILES string of the molecule is CCOC(=O)C1=NN(c2ccc(N)cc2)C(=O)C1. The van der Waals surface area contributed by atoms with Gasteiger partial charge in [0.2, 0.25) is 0 Å². The molecular formula is C12H13N3O3. The third kappa shape index (κ3) is 2.32. The highest BCUT2D eigenvalue weighted by molar-refractivity contribution is 6.42. The minimum Gasteiger partial charge on any atom is -0.461 e. The van der Waals surface area contributed by atoms with Crippen LogP contribution in [0.15, 0.2) is 29.4 Å². The second-order valence-corrected chi connectivity index (χ2v) is 3.74. The number of hydrazone groups is 1. The van der Waals surface area contributed by atoms with Crippen LogP contribution in [0.3, 0.4) is 0 Å². The zero-order valence-electron chi connectivity index (χ0n) is 9.92. The molecule has 1 aromatic carbocycles. The van der Waals surface area contributed by atoms with Crippen molar-refractivity contribution >= 4 is 29.0 Å². The maximum Gasteiger partial charge on any atom is 0.355 e. The van der Waals surface area contributed by atoms with Gasteiger partial charge in [-0.15, -0.1) is 0 Å². The number of rotatable bonds is 3. The average molecular weight is 247 g/mol. The first-order valence-electron chi connectivity index (χ1n) is 5.55. The zero-order chi connectivity index (χ0) is 13.1. The number of benzene rings is 1. The van der Waals surface area contributed by atoms with Crippen LogP contribution in [0.2, 0.25) is 0 Å². The van der Waals surface area contributed by atoms with Gasteiger partial charge >= 0.3 is 5.97 Å². The number of amides is 1. The van der Waals surface area contributed by atoms with Gasteiger partial charge in [0, 0.05) is 5.69 Å². The molecule has 1 aliphatic heterocycles. The molecule has 1 amide bonds. The van der Waals surface area contributed by atoms with Crippen molar-refractivity contribution in [2.75, 3.05) is 17.3 Å². The maximum absolute atomic E-state index is 11.8. The van der Waals surface area contributed by atoms with Crippen molar-refractivity contribution < 1.29 is 14.3 Å². The van der Waals surface area contributed by atoms with E-state index in [2.05, 4.69) is 5.10 Å². The number of anilines is 2. The molecule has 1 aliphatic rings. The van der Waals surface area contributed by atoms with E-state index in [1.165, 1.54) is 5.01 Å². The van der Waals surface area contributed by atoms with Crippen molar-refractivity contribution in [2.45, 2.75) is 13.3 Å². The summed E-state index contributed by atoms with van der Waals surface area (Å²) >= 11 is 0. The highest BCUT2D eigenvalue weighted by Gasteiger charge is 2.30. The van der Waals surface area contributed by atoms with Crippen molar-refractivity contribution in [1.82, 2.24) is 0 Å². The molecule has 0 aliphatic carbocycles. The van der Waals surface area contributed by atoms with Gasteiger partial charge in [0.25, 0.3) is 5.91 Å². The quantitative estimate of drug-likeness (QED) is 0.636. The minimum absolute atomic E-state index is 0.0385. The highest BCUT2D eigenvalue weighted by Crippen LogP contribution is 2.21. The standard InChI is InChI=1S/C12H13N3O3/c1-2-18-12(17)10-7-11(16)15(14-10)9-5-3-8(13)4-6-9/h3-6H,2,7,13H2,1H3. The molecule has 18 heavy (non-hydrogen) atoms. The van der Waals surface area contributed by atoms with Crippen LogP contribution in [-0.4, -0.2) is 24.2 Å². The Morgan fingerprint density at radius 2 is 2.11 bits per heavy atom. The van der Waals surface area contributed by atoms with Gasteiger partial charge in [0.1, 0.15) is 0 Å². The number of nitrogen functional groups attached to an aromatic ring is 1. The molecule has 0 unspecified atom stereocenters. The Morgan fingerprint density at radius 3 is 2.72 bits per heavy atom. The van der Waals surface area contributed by atoms with Crippen molar-refractivity contribution in [3.8, 4) is 0 Å². The fraction of sp³-hybridized carbons (Fsp3) is 0.250. The van der Waals surface area contributed by atoms with Gasteiger partial charge in [0.15, 0.2) is 5.71 Å². The van der Waals surface area contributed by atoms with Crippen LogP contribution in [0, 0.1) is 0 Å². The van der Waals surface area contributed by atoms with E-state index >= 15 is 0 Å². The Labute approximate surface area is 104 Å².